The lowest BCUT2D eigenvalue weighted by Gasteiger charge is -2.11. The molecule has 0 radical (unpaired) electrons. The van der Waals surface area contributed by atoms with Crippen molar-refractivity contribution < 1.29 is 18.0 Å². The van der Waals surface area contributed by atoms with Gasteiger partial charge in [-0.2, -0.15) is 13.2 Å². The summed E-state index contributed by atoms with van der Waals surface area (Å²) in [5.74, 6) is -0.469. The minimum atomic E-state index is -4.46. The first-order valence-corrected chi connectivity index (χ1v) is 4.46. The predicted octanol–water partition coefficient (Wildman–Crippen LogP) is 2.85. The largest absolute Gasteiger partial charge is 0.416 e. The molecule has 1 aliphatic rings. The first-order chi connectivity index (χ1) is 6.89. The molecule has 2 nitrogen and oxygen atoms in total. The van der Waals surface area contributed by atoms with Gasteiger partial charge < -0.3 is 5.32 Å². The molecule has 1 amide bonds. The van der Waals surface area contributed by atoms with Gasteiger partial charge in [-0.3, -0.25) is 4.79 Å². The third kappa shape index (κ3) is 1.67. The highest BCUT2D eigenvalue weighted by molar-refractivity contribution is 6.34. The summed E-state index contributed by atoms with van der Waals surface area (Å²) < 4.78 is 37.6. The molecule has 0 atom stereocenters. The smallest absolute Gasteiger partial charge is 0.324 e. The van der Waals surface area contributed by atoms with Crippen LogP contribution in [-0.4, -0.2) is 5.91 Å². The van der Waals surface area contributed by atoms with Crippen molar-refractivity contribution in [3.05, 3.63) is 28.3 Å². The molecule has 0 aliphatic carbocycles. The zero-order valence-electron chi connectivity index (χ0n) is 7.28. The maximum Gasteiger partial charge on any atom is 0.416 e. The van der Waals surface area contributed by atoms with Crippen LogP contribution in [0.1, 0.15) is 11.1 Å². The number of hydrogen-bond acceptors (Lipinski definition) is 1. The van der Waals surface area contributed by atoms with Crippen LogP contribution in [0.2, 0.25) is 5.02 Å². The zero-order chi connectivity index (χ0) is 11.2. The summed E-state index contributed by atoms with van der Waals surface area (Å²) >= 11 is 5.67. The van der Waals surface area contributed by atoms with Gasteiger partial charge >= 0.3 is 6.18 Å². The molecule has 1 aliphatic heterocycles. The maximum absolute atomic E-state index is 12.5. The third-order valence-corrected chi connectivity index (χ3v) is 2.48. The van der Waals surface area contributed by atoms with Gasteiger partial charge in [0.25, 0.3) is 0 Å². The van der Waals surface area contributed by atoms with E-state index in [1.807, 2.05) is 0 Å². The summed E-state index contributed by atoms with van der Waals surface area (Å²) in [4.78, 5) is 11.0. The Morgan fingerprint density at radius 2 is 2.00 bits per heavy atom. The molecule has 15 heavy (non-hydrogen) atoms. The number of nitrogens with one attached hydrogen (secondary N) is 1. The number of benzene rings is 1. The van der Waals surface area contributed by atoms with Crippen molar-refractivity contribution in [2.45, 2.75) is 12.6 Å². The SMILES string of the molecule is O=C1Cc2c(C(F)(F)F)ccc(Cl)c2N1. The van der Waals surface area contributed by atoms with Crippen molar-refractivity contribution in [1.29, 1.82) is 0 Å². The molecule has 0 unspecified atom stereocenters. The van der Waals surface area contributed by atoms with Crippen LogP contribution in [0.4, 0.5) is 18.9 Å². The van der Waals surface area contributed by atoms with Gasteiger partial charge in [-0.1, -0.05) is 11.6 Å². The van der Waals surface area contributed by atoms with Crippen molar-refractivity contribution in [2.75, 3.05) is 5.32 Å². The maximum atomic E-state index is 12.5. The fourth-order valence-electron chi connectivity index (χ4n) is 1.55. The fraction of sp³-hybridized carbons (Fsp3) is 0.222. The lowest BCUT2D eigenvalue weighted by molar-refractivity contribution is -0.138. The standard InChI is InChI=1S/C9H5ClF3NO/c10-6-2-1-5(9(11,12)13)4-3-7(15)14-8(4)6/h1-2H,3H2,(H,14,15). The van der Waals surface area contributed by atoms with Gasteiger partial charge in [0.15, 0.2) is 0 Å². The first kappa shape index (κ1) is 10.3. The van der Waals surface area contributed by atoms with E-state index in [0.717, 1.165) is 12.1 Å². The van der Waals surface area contributed by atoms with E-state index in [4.69, 9.17) is 11.6 Å². The lowest BCUT2D eigenvalue weighted by atomic mass is 10.0. The highest BCUT2D eigenvalue weighted by Crippen LogP contribution is 2.40. The second kappa shape index (κ2) is 3.13. The molecular formula is C9H5ClF3NO. The monoisotopic (exact) mass is 235 g/mol. The van der Waals surface area contributed by atoms with Gasteiger partial charge in [0.2, 0.25) is 5.91 Å². The Bertz CT molecular complexity index is 442. The summed E-state index contributed by atoms with van der Waals surface area (Å²) in [6.07, 6.45) is -4.73. The number of halogens is 4. The van der Waals surface area contributed by atoms with E-state index in [-0.39, 0.29) is 22.7 Å². The number of carbonyl (C=O) groups excluding carboxylic acids is 1. The highest BCUT2D eigenvalue weighted by atomic mass is 35.5. The molecule has 0 spiro atoms. The molecule has 80 valence electrons. The first-order valence-electron chi connectivity index (χ1n) is 4.08. The topological polar surface area (TPSA) is 29.1 Å². The summed E-state index contributed by atoms with van der Waals surface area (Å²) in [5.41, 5.74) is -0.795. The quantitative estimate of drug-likeness (QED) is 0.736. The molecule has 2 rings (SSSR count). The van der Waals surface area contributed by atoms with E-state index in [1.54, 1.807) is 0 Å². The third-order valence-electron chi connectivity index (χ3n) is 2.17. The second-order valence-corrected chi connectivity index (χ2v) is 3.58. The molecule has 0 saturated heterocycles. The zero-order valence-corrected chi connectivity index (χ0v) is 8.04. The number of carbonyl (C=O) groups is 1. The molecule has 1 aromatic carbocycles. The van der Waals surface area contributed by atoms with Gasteiger partial charge in [0.1, 0.15) is 0 Å². The van der Waals surface area contributed by atoms with E-state index >= 15 is 0 Å². The van der Waals surface area contributed by atoms with Gasteiger partial charge in [-0.05, 0) is 17.7 Å². The van der Waals surface area contributed by atoms with Crippen molar-refractivity contribution in [3.63, 3.8) is 0 Å². The number of hydrogen-bond donors (Lipinski definition) is 1. The average molecular weight is 236 g/mol. The molecule has 1 aromatic rings. The molecule has 0 saturated carbocycles. The summed E-state index contributed by atoms with van der Waals surface area (Å²) in [7, 11) is 0. The minimum absolute atomic E-state index is 0.0694. The van der Waals surface area contributed by atoms with Gasteiger partial charge in [-0.25, -0.2) is 0 Å². The van der Waals surface area contributed by atoms with Crippen molar-refractivity contribution in [2.24, 2.45) is 0 Å². The van der Waals surface area contributed by atoms with Crippen LogP contribution in [0.5, 0.6) is 0 Å². The van der Waals surface area contributed by atoms with E-state index in [0.29, 0.717) is 0 Å². The molecule has 0 bridgehead atoms. The summed E-state index contributed by atoms with van der Waals surface area (Å²) in [6.45, 7) is 0. The summed E-state index contributed by atoms with van der Waals surface area (Å²) in [6, 6.07) is 2.02. The number of rotatable bonds is 0. The van der Waals surface area contributed by atoms with Gasteiger partial charge in [0, 0.05) is 0 Å². The Balaban J connectivity index is 2.62. The van der Waals surface area contributed by atoms with Crippen LogP contribution in [-0.2, 0) is 17.4 Å². The van der Waals surface area contributed by atoms with Crippen molar-refractivity contribution in [3.8, 4) is 0 Å². The summed E-state index contributed by atoms with van der Waals surface area (Å²) in [5, 5.41) is 2.44. The number of alkyl halides is 3. The van der Waals surface area contributed by atoms with E-state index in [2.05, 4.69) is 5.32 Å². The predicted molar refractivity (Wildman–Crippen MR) is 48.8 cm³/mol. The second-order valence-electron chi connectivity index (χ2n) is 3.17. The molecule has 0 fully saturated rings. The highest BCUT2D eigenvalue weighted by Gasteiger charge is 2.37. The molecular weight excluding hydrogens is 231 g/mol. The number of amides is 1. The van der Waals surface area contributed by atoms with Gasteiger partial charge in [-0.15, -0.1) is 0 Å². The Labute approximate surface area is 88.0 Å². The van der Waals surface area contributed by atoms with E-state index < -0.39 is 17.6 Å². The Kier molecular flexibility index (Phi) is 2.15. The Morgan fingerprint density at radius 3 is 2.60 bits per heavy atom. The minimum Gasteiger partial charge on any atom is -0.324 e. The molecule has 6 heteroatoms. The van der Waals surface area contributed by atoms with E-state index in [9.17, 15) is 18.0 Å². The van der Waals surface area contributed by atoms with Crippen LogP contribution in [0, 0.1) is 0 Å². The number of anilines is 1. The van der Waals surface area contributed by atoms with E-state index in [1.165, 1.54) is 0 Å². The van der Waals surface area contributed by atoms with Gasteiger partial charge in [0.05, 0.1) is 22.7 Å². The molecule has 1 N–H and O–H groups in total. The Hall–Kier alpha value is -1.23. The Morgan fingerprint density at radius 1 is 1.33 bits per heavy atom. The van der Waals surface area contributed by atoms with Crippen LogP contribution < -0.4 is 5.32 Å². The lowest BCUT2D eigenvalue weighted by Crippen LogP contribution is -2.08. The van der Waals surface area contributed by atoms with Crippen molar-refractivity contribution in [1.82, 2.24) is 0 Å². The van der Waals surface area contributed by atoms with Crippen LogP contribution in [0.15, 0.2) is 12.1 Å². The normalized spacial score (nSPS) is 15.1. The van der Waals surface area contributed by atoms with Crippen LogP contribution in [0.3, 0.4) is 0 Å². The fourth-order valence-corrected chi connectivity index (χ4v) is 1.77. The number of fused-ring (bicyclic) bond motifs is 1. The molecule has 1 heterocycles. The van der Waals surface area contributed by atoms with Crippen LogP contribution >= 0.6 is 11.6 Å². The molecule has 0 aromatic heterocycles. The van der Waals surface area contributed by atoms with Crippen LogP contribution in [0.25, 0.3) is 0 Å². The van der Waals surface area contributed by atoms with Crippen molar-refractivity contribution >= 4 is 23.2 Å². The average Bonchev–Trinajstić information content (AvgIpc) is 2.45.